The molecular weight excluding hydrogens is 248 g/mol. The number of anilines is 1. The number of nitrogen functional groups attached to an aromatic ring is 1. The molecule has 5 heteroatoms. The van der Waals surface area contributed by atoms with E-state index in [1.54, 1.807) is 19.3 Å². The Hall–Kier alpha value is -2.01. The maximum Gasteiger partial charge on any atom is 0.131 e. The van der Waals surface area contributed by atoms with Gasteiger partial charge in [-0.25, -0.2) is 13.8 Å². The fraction of sp³-hybridized carbons (Fsp3) is 0.214. The third-order valence-electron chi connectivity index (χ3n) is 3.09. The number of nitrogens with two attached hydrogens (primary N) is 1. The van der Waals surface area contributed by atoms with Gasteiger partial charge in [-0.05, 0) is 31.7 Å². The van der Waals surface area contributed by atoms with Crippen LogP contribution in [0, 0.1) is 18.6 Å². The summed E-state index contributed by atoms with van der Waals surface area (Å²) in [5, 5.41) is 2.99. The molecule has 3 N–H and O–H groups in total. The molecular formula is C14H15F2N3. The molecule has 100 valence electrons. The molecule has 0 fully saturated rings. The van der Waals surface area contributed by atoms with Crippen molar-refractivity contribution in [2.24, 2.45) is 0 Å². The molecule has 0 radical (unpaired) electrons. The van der Waals surface area contributed by atoms with Crippen molar-refractivity contribution in [2.45, 2.75) is 13.0 Å². The van der Waals surface area contributed by atoms with Gasteiger partial charge in [0.1, 0.15) is 17.5 Å². The summed E-state index contributed by atoms with van der Waals surface area (Å²) in [6, 6.07) is 4.84. The van der Waals surface area contributed by atoms with Gasteiger partial charge in [-0.3, -0.25) is 0 Å². The van der Waals surface area contributed by atoms with Crippen LogP contribution in [0.2, 0.25) is 0 Å². The number of nitrogens with zero attached hydrogens (tertiary/aromatic N) is 1. The van der Waals surface area contributed by atoms with Crippen LogP contribution in [0.15, 0.2) is 30.5 Å². The van der Waals surface area contributed by atoms with Crippen molar-refractivity contribution >= 4 is 5.82 Å². The second-order valence-corrected chi connectivity index (χ2v) is 4.31. The van der Waals surface area contributed by atoms with Crippen LogP contribution < -0.4 is 11.1 Å². The Labute approximate surface area is 110 Å². The molecule has 0 amide bonds. The van der Waals surface area contributed by atoms with E-state index in [0.29, 0.717) is 16.9 Å². The summed E-state index contributed by atoms with van der Waals surface area (Å²) in [4.78, 5) is 4.02. The molecule has 19 heavy (non-hydrogen) atoms. The van der Waals surface area contributed by atoms with Crippen molar-refractivity contribution in [2.75, 3.05) is 12.8 Å². The minimum atomic E-state index is -0.609. The van der Waals surface area contributed by atoms with Crippen LogP contribution in [-0.2, 0) is 0 Å². The molecule has 0 bridgehead atoms. The van der Waals surface area contributed by atoms with Gasteiger partial charge in [0.05, 0.1) is 6.04 Å². The Kier molecular flexibility index (Phi) is 3.76. The van der Waals surface area contributed by atoms with E-state index < -0.39 is 17.7 Å². The summed E-state index contributed by atoms with van der Waals surface area (Å²) < 4.78 is 26.9. The molecule has 0 aliphatic rings. The highest BCUT2D eigenvalue weighted by Gasteiger charge is 2.21. The first-order chi connectivity index (χ1) is 9.04. The summed E-state index contributed by atoms with van der Waals surface area (Å²) >= 11 is 0. The van der Waals surface area contributed by atoms with E-state index in [0.717, 1.165) is 11.6 Å². The van der Waals surface area contributed by atoms with Crippen LogP contribution in [0.3, 0.4) is 0 Å². The summed E-state index contributed by atoms with van der Waals surface area (Å²) in [6.07, 6.45) is 1.60. The number of benzene rings is 1. The third kappa shape index (κ3) is 2.56. The molecule has 0 saturated carbocycles. The zero-order valence-corrected chi connectivity index (χ0v) is 10.7. The van der Waals surface area contributed by atoms with Gasteiger partial charge in [0.25, 0.3) is 0 Å². The molecule has 2 aromatic rings. The van der Waals surface area contributed by atoms with Gasteiger partial charge in [-0.15, -0.1) is 0 Å². The predicted molar refractivity (Wildman–Crippen MR) is 70.6 cm³/mol. The van der Waals surface area contributed by atoms with Crippen LogP contribution >= 0.6 is 0 Å². The van der Waals surface area contributed by atoms with Crippen LogP contribution in [-0.4, -0.2) is 12.0 Å². The normalized spacial score (nSPS) is 12.4. The largest absolute Gasteiger partial charge is 0.383 e. The number of aryl methyl sites for hydroxylation is 1. The molecule has 1 atom stereocenters. The van der Waals surface area contributed by atoms with Crippen molar-refractivity contribution in [3.05, 3.63) is 58.8 Å². The van der Waals surface area contributed by atoms with E-state index in [1.807, 2.05) is 6.92 Å². The minimum absolute atomic E-state index is 0.336. The molecule has 0 spiro atoms. The quantitative estimate of drug-likeness (QED) is 0.894. The maximum absolute atomic E-state index is 13.9. The zero-order valence-electron chi connectivity index (χ0n) is 10.7. The average Bonchev–Trinajstić information content (AvgIpc) is 2.35. The van der Waals surface area contributed by atoms with E-state index in [4.69, 9.17) is 5.73 Å². The molecule has 0 saturated heterocycles. The van der Waals surface area contributed by atoms with E-state index in [2.05, 4.69) is 10.3 Å². The zero-order chi connectivity index (χ0) is 14.0. The van der Waals surface area contributed by atoms with Gasteiger partial charge in [0, 0.05) is 23.4 Å². The van der Waals surface area contributed by atoms with Gasteiger partial charge in [-0.2, -0.15) is 0 Å². The highest BCUT2D eigenvalue weighted by molar-refractivity contribution is 5.50. The summed E-state index contributed by atoms with van der Waals surface area (Å²) in [6.45, 7) is 1.87. The second-order valence-electron chi connectivity index (χ2n) is 4.31. The molecule has 0 aliphatic heterocycles. The monoisotopic (exact) mass is 263 g/mol. The summed E-state index contributed by atoms with van der Waals surface area (Å²) in [5.74, 6) is -0.878. The molecule has 1 heterocycles. The van der Waals surface area contributed by atoms with Crippen LogP contribution in [0.4, 0.5) is 14.6 Å². The van der Waals surface area contributed by atoms with Crippen molar-refractivity contribution in [1.29, 1.82) is 0 Å². The Morgan fingerprint density at radius 2 is 2.00 bits per heavy atom. The molecule has 3 nitrogen and oxygen atoms in total. The topological polar surface area (TPSA) is 50.9 Å². The number of hydrogen-bond donors (Lipinski definition) is 2. The van der Waals surface area contributed by atoms with E-state index in [9.17, 15) is 8.78 Å². The number of pyridine rings is 1. The number of halogens is 2. The predicted octanol–water partition coefficient (Wildman–Crippen LogP) is 2.56. The third-order valence-corrected chi connectivity index (χ3v) is 3.09. The lowest BCUT2D eigenvalue weighted by atomic mass is 9.95. The molecule has 0 aliphatic carbocycles. The first-order valence-electron chi connectivity index (χ1n) is 5.87. The van der Waals surface area contributed by atoms with Crippen LogP contribution in [0.5, 0.6) is 0 Å². The SMILES string of the molecule is CNC(c1ccc(F)cc1F)c1c(C)ccnc1N. The summed E-state index contributed by atoms with van der Waals surface area (Å²) in [5.41, 5.74) is 7.81. The minimum Gasteiger partial charge on any atom is -0.383 e. The molecule has 1 unspecified atom stereocenters. The van der Waals surface area contributed by atoms with Crippen molar-refractivity contribution in [1.82, 2.24) is 10.3 Å². The molecule has 2 rings (SSSR count). The van der Waals surface area contributed by atoms with E-state index >= 15 is 0 Å². The Bertz CT molecular complexity index is 579. The van der Waals surface area contributed by atoms with Gasteiger partial charge in [-0.1, -0.05) is 6.07 Å². The lowest BCUT2D eigenvalue weighted by Gasteiger charge is -2.21. The van der Waals surface area contributed by atoms with E-state index in [-0.39, 0.29) is 0 Å². The number of aromatic nitrogens is 1. The van der Waals surface area contributed by atoms with Gasteiger partial charge in [0.15, 0.2) is 0 Å². The Morgan fingerprint density at radius 1 is 1.26 bits per heavy atom. The first-order valence-corrected chi connectivity index (χ1v) is 5.87. The van der Waals surface area contributed by atoms with Crippen LogP contribution in [0.1, 0.15) is 22.7 Å². The standard InChI is InChI=1S/C14H15F2N3/c1-8-5-6-19-14(17)12(8)13(18-2)10-4-3-9(15)7-11(10)16/h3-7,13,18H,1-2H3,(H2,17,19). The average molecular weight is 263 g/mol. The number of nitrogens with one attached hydrogen (secondary N) is 1. The lowest BCUT2D eigenvalue weighted by Crippen LogP contribution is -2.22. The van der Waals surface area contributed by atoms with Gasteiger partial charge >= 0.3 is 0 Å². The maximum atomic E-state index is 13.9. The Morgan fingerprint density at radius 3 is 2.58 bits per heavy atom. The molecule has 1 aromatic carbocycles. The van der Waals surface area contributed by atoms with Crippen molar-refractivity contribution in [3.63, 3.8) is 0 Å². The Balaban J connectivity index is 2.56. The second kappa shape index (κ2) is 5.32. The van der Waals surface area contributed by atoms with Gasteiger partial charge < -0.3 is 11.1 Å². The highest BCUT2D eigenvalue weighted by atomic mass is 19.1. The smallest absolute Gasteiger partial charge is 0.131 e. The first kappa shape index (κ1) is 13.4. The van der Waals surface area contributed by atoms with Gasteiger partial charge in [0.2, 0.25) is 0 Å². The summed E-state index contributed by atoms with van der Waals surface area (Å²) in [7, 11) is 1.69. The molecule has 1 aromatic heterocycles. The lowest BCUT2D eigenvalue weighted by molar-refractivity contribution is 0.551. The number of hydrogen-bond acceptors (Lipinski definition) is 3. The highest BCUT2D eigenvalue weighted by Crippen LogP contribution is 2.29. The fourth-order valence-electron chi connectivity index (χ4n) is 2.16. The van der Waals surface area contributed by atoms with Crippen molar-refractivity contribution < 1.29 is 8.78 Å². The fourth-order valence-corrected chi connectivity index (χ4v) is 2.16. The van der Waals surface area contributed by atoms with Crippen molar-refractivity contribution in [3.8, 4) is 0 Å². The van der Waals surface area contributed by atoms with Crippen LogP contribution in [0.25, 0.3) is 0 Å². The number of rotatable bonds is 3. The van der Waals surface area contributed by atoms with E-state index in [1.165, 1.54) is 12.1 Å².